The fourth-order valence-electron chi connectivity index (χ4n) is 3.93. The molecule has 0 unspecified atom stereocenters. The molecule has 1 aliphatic heterocycles. The lowest BCUT2D eigenvalue weighted by atomic mass is 10.2. The molecule has 1 fully saturated rings. The molecular weight excluding hydrogens is 391 g/mol. The maximum absolute atomic E-state index is 14.1. The first-order valence-electron chi connectivity index (χ1n) is 10.4. The number of piperazine rings is 1. The quantitative estimate of drug-likeness (QED) is 0.503. The molecule has 31 heavy (non-hydrogen) atoms. The fourth-order valence-corrected chi connectivity index (χ4v) is 3.93. The summed E-state index contributed by atoms with van der Waals surface area (Å²) in [7, 11) is 0. The molecule has 7 heteroatoms. The molecule has 4 aromatic rings. The molecule has 0 saturated carbocycles. The third-order valence-electron chi connectivity index (χ3n) is 5.59. The second kappa shape index (κ2) is 8.18. The lowest BCUT2D eigenvalue weighted by Gasteiger charge is -2.36. The number of aryl methyl sites for hydroxylation is 1. The molecule has 0 N–H and O–H groups in total. The van der Waals surface area contributed by atoms with Crippen LogP contribution in [0, 0.1) is 12.7 Å². The van der Waals surface area contributed by atoms with E-state index in [1.54, 1.807) is 12.3 Å². The van der Waals surface area contributed by atoms with E-state index in [0.29, 0.717) is 11.6 Å². The Morgan fingerprint density at radius 3 is 2.32 bits per heavy atom. The highest BCUT2D eigenvalue weighted by atomic mass is 19.1. The molecule has 2 aromatic carbocycles. The van der Waals surface area contributed by atoms with Crippen molar-refractivity contribution in [2.24, 2.45) is 0 Å². The number of nitrogens with zero attached hydrogens (tertiary/aromatic N) is 6. The van der Waals surface area contributed by atoms with Gasteiger partial charge in [0, 0.05) is 44.1 Å². The number of rotatable bonds is 4. The molecule has 0 atom stereocenters. The van der Waals surface area contributed by atoms with E-state index in [-0.39, 0.29) is 5.82 Å². The SMILES string of the molecule is Cc1nn(-c2ccccc2)cc1-c1ccnc(N2CCN(c3ccccc3F)CC2)n1. The second-order valence-electron chi connectivity index (χ2n) is 7.58. The van der Waals surface area contributed by atoms with Gasteiger partial charge in [-0.1, -0.05) is 30.3 Å². The van der Waals surface area contributed by atoms with E-state index in [0.717, 1.165) is 48.8 Å². The molecule has 1 aliphatic rings. The maximum Gasteiger partial charge on any atom is 0.225 e. The Balaban J connectivity index is 1.35. The van der Waals surface area contributed by atoms with Gasteiger partial charge in [0.05, 0.1) is 22.8 Å². The number of benzene rings is 2. The van der Waals surface area contributed by atoms with Gasteiger partial charge in [0.1, 0.15) is 5.82 Å². The normalized spacial score (nSPS) is 14.1. The molecule has 0 spiro atoms. The second-order valence-corrected chi connectivity index (χ2v) is 7.58. The lowest BCUT2D eigenvalue weighted by molar-refractivity contribution is 0.594. The van der Waals surface area contributed by atoms with Crippen molar-refractivity contribution in [1.82, 2.24) is 19.7 Å². The molecule has 156 valence electrons. The minimum atomic E-state index is -0.180. The van der Waals surface area contributed by atoms with Crippen LogP contribution in [0.3, 0.4) is 0 Å². The summed E-state index contributed by atoms with van der Waals surface area (Å²) >= 11 is 0. The van der Waals surface area contributed by atoms with E-state index in [1.807, 2.05) is 66.3 Å². The first-order valence-corrected chi connectivity index (χ1v) is 10.4. The van der Waals surface area contributed by atoms with Crippen LogP contribution in [0.4, 0.5) is 16.0 Å². The van der Waals surface area contributed by atoms with Gasteiger partial charge < -0.3 is 9.80 Å². The molecule has 0 amide bonds. The smallest absolute Gasteiger partial charge is 0.225 e. The predicted molar refractivity (Wildman–Crippen MR) is 120 cm³/mol. The van der Waals surface area contributed by atoms with Crippen molar-refractivity contribution in [2.45, 2.75) is 6.92 Å². The first kappa shape index (κ1) is 19.2. The van der Waals surface area contributed by atoms with Crippen LogP contribution in [0.2, 0.25) is 0 Å². The zero-order chi connectivity index (χ0) is 21.2. The Labute approximate surface area is 180 Å². The summed E-state index contributed by atoms with van der Waals surface area (Å²) in [6.45, 7) is 4.91. The largest absolute Gasteiger partial charge is 0.366 e. The number of hydrogen-bond donors (Lipinski definition) is 0. The summed E-state index contributed by atoms with van der Waals surface area (Å²) in [6, 6.07) is 18.9. The summed E-state index contributed by atoms with van der Waals surface area (Å²) in [5.41, 5.74) is 4.41. The summed E-state index contributed by atoms with van der Waals surface area (Å²) in [5.74, 6) is 0.512. The molecule has 3 heterocycles. The number of hydrogen-bond acceptors (Lipinski definition) is 5. The van der Waals surface area contributed by atoms with Crippen LogP contribution >= 0.6 is 0 Å². The summed E-state index contributed by atoms with van der Waals surface area (Å²) in [6.07, 6.45) is 3.80. The maximum atomic E-state index is 14.1. The number of anilines is 2. The first-order chi connectivity index (χ1) is 15.2. The van der Waals surface area contributed by atoms with Crippen LogP contribution in [0.25, 0.3) is 16.9 Å². The highest BCUT2D eigenvalue weighted by molar-refractivity contribution is 5.63. The molecule has 0 aliphatic carbocycles. The van der Waals surface area contributed by atoms with Gasteiger partial charge in [-0.3, -0.25) is 0 Å². The van der Waals surface area contributed by atoms with E-state index >= 15 is 0 Å². The monoisotopic (exact) mass is 414 g/mol. The highest BCUT2D eigenvalue weighted by Gasteiger charge is 2.21. The Kier molecular flexibility index (Phi) is 5.08. The number of para-hydroxylation sites is 2. The van der Waals surface area contributed by atoms with Gasteiger partial charge in [-0.05, 0) is 37.3 Å². The van der Waals surface area contributed by atoms with E-state index < -0.39 is 0 Å². The average Bonchev–Trinajstić information content (AvgIpc) is 3.22. The predicted octanol–water partition coefficient (Wildman–Crippen LogP) is 4.10. The van der Waals surface area contributed by atoms with Gasteiger partial charge in [-0.15, -0.1) is 0 Å². The molecule has 1 saturated heterocycles. The molecule has 5 rings (SSSR count). The topological polar surface area (TPSA) is 50.1 Å². The molecular formula is C24H23FN6. The van der Waals surface area contributed by atoms with Gasteiger partial charge >= 0.3 is 0 Å². The molecule has 0 bridgehead atoms. The minimum absolute atomic E-state index is 0.180. The van der Waals surface area contributed by atoms with Crippen molar-refractivity contribution >= 4 is 11.6 Å². The van der Waals surface area contributed by atoms with Crippen LogP contribution in [0.1, 0.15) is 5.69 Å². The number of halogens is 1. The van der Waals surface area contributed by atoms with Gasteiger partial charge in [0.2, 0.25) is 5.95 Å². The van der Waals surface area contributed by atoms with Crippen molar-refractivity contribution in [3.8, 4) is 16.9 Å². The summed E-state index contributed by atoms with van der Waals surface area (Å²) < 4.78 is 16.0. The van der Waals surface area contributed by atoms with Crippen molar-refractivity contribution in [1.29, 1.82) is 0 Å². The molecule has 0 radical (unpaired) electrons. The third kappa shape index (κ3) is 3.86. The average molecular weight is 414 g/mol. The van der Waals surface area contributed by atoms with E-state index in [1.165, 1.54) is 6.07 Å². The molecule has 6 nitrogen and oxygen atoms in total. The Hall–Kier alpha value is -3.74. The fraction of sp³-hybridized carbons (Fsp3) is 0.208. The third-order valence-corrected chi connectivity index (χ3v) is 5.59. The van der Waals surface area contributed by atoms with Crippen LogP contribution < -0.4 is 9.80 Å². The van der Waals surface area contributed by atoms with E-state index in [2.05, 4.69) is 19.9 Å². The van der Waals surface area contributed by atoms with Gasteiger partial charge in [0.15, 0.2) is 0 Å². The number of aromatic nitrogens is 4. The van der Waals surface area contributed by atoms with Crippen molar-refractivity contribution in [3.63, 3.8) is 0 Å². The van der Waals surface area contributed by atoms with Gasteiger partial charge in [-0.2, -0.15) is 5.10 Å². The van der Waals surface area contributed by atoms with Crippen molar-refractivity contribution in [2.75, 3.05) is 36.0 Å². The minimum Gasteiger partial charge on any atom is -0.366 e. The molecule has 2 aromatic heterocycles. The van der Waals surface area contributed by atoms with Gasteiger partial charge in [-0.25, -0.2) is 19.0 Å². The van der Waals surface area contributed by atoms with Crippen LogP contribution in [0.5, 0.6) is 0 Å². The lowest BCUT2D eigenvalue weighted by Crippen LogP contribution is -2.47. The zero-order valence-electron chi connectivity index (χ0n) is 17.3. The Bertz CT molecular complexity index is 1180. The summed E-state index contributed by atoms with van der Waals surface area (Å²) in [4.78, 5) is 13.5. The zero-order valence-corrected chi connectivity index (χ0v) is 17.3. The highest BCUT2D eigenvalue weighted by Crippen LogP contribution is 2.25. The standard InChI is InChI=1S/C24H23FN6/c1-18-20(17-31(28-18)19-7-3-2-4-8-19)22-11-12-26-24(27-22)30-15-13-29(14-16-30)23-10-6-5-9-21(23)25/h2-12,17H,13-16H2,1H3. The Morgan fingerprint density at radius 1 is 0.839 bits per heavy atom. The van der Waals surface area contributed by atoms with E-state index in [4.69, 9.17) is 4.98 Å². The Morgan fingerprint density at radius 2 is 1.55 bits per heavy atom. The van der Waals surface area contributed by atoms with E-state index in [9.17, 15) is 4.39 Å². The van der Waals surface area contributed by atoms with Crippen LogP contribution in [0.15, 0.2) is 73.1 Å². The van der Waals surface area contributed by atoms with Crippen molar-refractivity contribution in [3.05, 3.63) is 84.6 Å². The van der Waals surface area contributed by atoms with Crippen molar-refractivity contribution < 1.29 is 4.39 Å². The van der Waals surface area contributed by atoms with Crippen LogP contribution in [-0.2, 0) is 0 Å². The van der Waals surface area contributed by atoms with Gasteiger partial charge in [0.25, 0.3) is 0 Å². The van der Waals surface area contributed by atoms with Crippen LogP contribution in [-0.4, -0.2) is 45.9 Å². The summed E-state index contributed by atoms with van der Waals surface area (Å²) in [5, 5.41) is 4.65.